The molecule has 0 atom stereocenters. The van der Waals surface area contributed by atoms with E-state index in [0.29, 0.717) is 5.13 Å². The van der Waals surface area contributed by atoms with E-state index in [1.54, 1.807) is 6.33 Å². The van der Waals surface area contributed by atoms with Gasteiger partial charge in [0.1, 0.15) is 11.8 Å². The smallest absolute Gasteiger partial charge is 0.182 e. The number of thiazole rings is 1. The van der Waals surface area contributed by atoms with Crippen molar-refractivity contribution >= 4 is 32.6 Å². The van der Waals surface area contributed by atoms with Crippen molar-refractivity contribution in [2.75, 3.05) is 23.7 Å². The van der Waals surface area contributed by atoms with Gasteiger partial charge in [-0.3, -0.25) is 0 Å². The second kappa shape index (κ2) is 3.86. The Morgan fingerprint density at radius 3 is 2.81 bits per heavy atom. The van der Waals surface area contributed by atoms with Gasteiger partial charge in [-0.1, -0.05) is 11.3 Å². The fraction of sp³-hybridized carbons (Fsp3) is 0.500. The highest BCUT2D eigenvalue weighted by atomic mass is 32.1. The molecule has 0 spiro atoms. The van der Waals surface area contributed by atoms with E-state index in [0.717, 1.165) is 29.3 Å². The predicted molar refractivity (Wildman–Crippen MR) is 65.7 cm³/mol. The highest BCUT2D eigenvalue weighted by Crippen LogP contribution is 2.29. The minimum atomic E-state index is 0.564. The third kappa shape index (κ3) is 1.59. The summed E-state index contributed by atoms with van der Waals surface area (Å²) >= 11 is 1.42. The molecule has 1 aliphatic rings. The van der Waals surface area contributed by atoms with Crippen molar-refractivity contribution in [3.8, 4) is 0 Å². The number of anilines is 2. The van der Waals surface area contributed by atoms with Crippen molar-refractivity contribution < 1.29 is 0 Å². The summed E-state index contributed by atoms with van der Waals surface area (Å²) in [5, 5.41) is 0.564. The molecular weight excluding hydrogens is 222 g/mol. The number of nitrogen functional groups attached to an aromatic ring is 1. The molecule has 84 valence electrons. The van der Waals surface area contributed by atoms with Crippen molar-refractivity contribution in [2.45, 2.75) is 19.3 Å². The van der Waals surface area contributed by atoms with Crippen LogP contribution in [0.15, 0.2) is 6.33 Å². The van der Waals surface area contributed by atoms with Crippen LogP contribution in [-0.2, 0) is 0 Å². The first kappa shape index (κ1) is 9.77. The molecule has 2 aromatic rings. The van der Waals surface area contributed by atoms with Crippen molar-refractivity contribution in [3.05, 3.63) is 6.33 Å². The van der Waals surface area contributed by atoms with E-state index in [1.165, 1.54) is 30.6 Å². The van der Waals surface area contributed by atoms with Gasteiger partial charge in [0.25, 0.3) is 0 Å². The molecule has 0 saturated carbocycles. The maximum atomic E-state index is 5.71. The number of aromatic nitrogens is 3. The zero-order valence-electron chi connectivity index (χ0n) is 8.89. The van der Waals surface area contributed by atoms with Crippen LogP contribution in [0.1, 0.15) is 19.3 Å². The maximum absolute atomic E-state index is 5.71. The first-order valence-electron chi connectivity index (χ1n) is 5.46. The number of rotatable bonds is 1. The summed E-state index contributed by atoms with van der Waals surface area (Å²) in [6.45, 7) is 2.12. The third-order valence-corrected chi connectivity index (χ3v) is 3.64. The van der Waals surface area contributed by atoms with Gasteiger partial charge >= 0.3 is 0 Å². The fourth-order valence-corrected chi connectivity index (χ4v) is 2.76. The molecule has 3 rings (SSSR count). The Kier molecular flexibility index (Phi) is 2.36. The lowest BCUT2D eigenvalue weighted by atomic mass is 10.1. The van der Waals surface area contributed by atoms with Crippen LogP contribution < -0.4 is 10.6 Å². The molecule has 0 amide bonds. The lowest BCUT2D eigenvalue weighted by molar-refractivity contribution is 0.574. The maximum Gasteiger partial charge on any atom is 0.182 e. The number of nitrogens with two attached hydrogens (primary N) is 1. The van der Waals surface area contributed by atoms with Gasteiger partial charge in [0, 0.05) is 13.1 Å². The van der Waals surface area contributed by atoms with Gasteiger partial charge in [0.15, 0.2) is 15.8 Å². The van der Waals surface area contributed by atoms with Crippen LogP contribution in [0.4, 0.5) is 10.9 Å². The van der Waals surface area contributed by atoms with Crippen molar-refractivity contribution in [2.24, 2.45) is 0 Å². The zero-order valence-corrected chi connectivity index (χ0v) is 9.70. The largest absolute Gasteiger partial charge is 0.375 e. The quantitative estimate of drug-likeness (QED) is 0.814. The summed E-state index contributed by atoms with van der Waals surface area (Å²) in [6, 6.07) is 0. The van der Waals surface area contributed by atoms with Gasteiger partial charge in [-0.2, -0.15) is 0 Å². The second-order valence-corrected chi connectivity index (χ2v) is 4.96. The molecule has 3 heterocycles. The zero-order chi connectivity index (χ0) is 11.0. The standard InChI is InChI=1S/C10H13N5S/c11-10-14-7-8(12-6-13-9(7)16-10)15-4-2-1-3-5-15/h6H,1-5H2,(H2,11,14). The summed E-state index contributed by atoms with van der Waals surface area (Å²) < 4.78 is 0. The number of hydrogen-bond donors (Lipinski definition) is 1. The molecule has 0 aliphatic carbocycles. The van der Waals surface area contributed by atoms with Crippen LogP contribution in [0.3, 0.4) is 0 Å². The van der Waals surface area contributed by atoms with Crippen LogP contribution in [0.25, 0.3) is 10.3 Å². The average molecular weight is 235 g/mol. The summed E-state index contributed by atoms with van der Waals surface area (Å²) in [4.78, 5) is 16.0. The van der Waals surface area contributed by atoms with Crippen LogP contribution in [-0.4, -0.2) is 28.0 Å². The van der Waals surface area contributed by atoms with E-state index in [-0.39, 0.29) is 0 Å². The van der Waals surface area contributed by atoms with E-state index in [1.807, 2.05) is 0 Å². The molecule has 1 saturated heterocycles. The molecule has 16 heavy (non-hydrogen) atoms. The lowest BCUT2D eigenvalue weighted by Gasteiger charge is -2.27. The number of piperidine rings is 1. The van der Waals surface area contributed by atoms with Crippen LogP contribution >= 0.6 is 11.3 Å². The molecule has 0 radical (unpaired) electrons. The lowest BCUT2D eigenvalue weighted by Crippen LogP contribution is -2.30. The normalized spacial score (nSPS) is 16.9. The molecule has 1 fully saturated rings. The van der Waals surface area contributed by atoms with E-state index in [9.17, 15) is 0 Å². The van der Waals surface area contributed by atoms with Crippen molar-refractivity contribution in [1.82, 2.24) is 15.0 Å². The van der Waals surface area contributed by atoms with E-state index in [4.69, 9.17) is 5.73 Å². The Morgan fingerprint density at radius 1 is 1.19 bits per heavy atom. The highest BCUT2D eigenvalue weighted by molar-refractivity contribution is 7.21. The topological polar surface area (TPSA) is 67.9 Å². The van der Waals surface area contributed by atoms with Crippen molar-refractivity contribution in [3.63, 3.8) is 0 Å². The van der Waals surface area contributed by atoms with Crippen molar-refractivity contribution in [1.29, 1.82) is 0 Å². The average Bonchev–Trinajstić information content (AvgIpc) is 2.70. The fourth-order valence-electron chi connectivity index (χ4n) is 2.10. The van der Waals surface area contributed by atoms with Gasteiger partial charge in [-0.05, 0) is 19.3 Å². The first-order chi connectivity index (χ1) is 7.84. The first-order valence-corrected chi connectivity index (χ1v) is 6.28. The highest BCUT2D eigenvalue weighted by Gasteiger charge is 2.17. The summed E-state index contributed by atoms with van der Waals surface area (Å²) in [6.07, 6.45) is 5.37. The number of nitrogens with zero attached hydrogens (tertiary/aromatic N) is 4. The van der Waals surface area contributed by atoms with Gasteiger partial charge in [-0.25, -0.2) is 15.0 Å². The molecule has 5 nitrogen and oxygen atoms in total. The molecular formula is C10H13N5S. The molecule has 6 heteroatoms. The molecule has 2 aromatic heterocycles. The van der Waals surface area contributed by atoms with Crippen LogP contribution in [0, 0.1) is 0 Å². The molecule has 2 N–H and O–H groups in total. The Hall–Kier alpha value is -1.43. The van der Waals surface area contributed by atoms with Crippen LogP contribution in [0.2, 0.25) is 0 Å². The molecule has 0 bridgehead atoms. The Balaban J connectivity index is 2.07. The Bertz CT molecular complexity index is 503. The molecule has 0 aromatic carbocycles. The third-order valence-electron chi connectivity index (χ3n) is 2.85. The van der Waals surface area contributed by atoms with E-state index in [2.05, 4.69) is 19.9 Å². The van der Waals surface area contributed by atoms with E-state index < -0.39 is 0 Å². The van der Waals surface area contributed by atoms with Gasteiger partial charge in [0.05, 0.1) is 0 Å². The summed E-state index contributed by atoms with van der Waals surface area (Å²) in [7, 11) is 0. The Morgan fingerprint density at radius 2 is 2.00 bits per heavy atom. The van der Waals surface area contributed by atoms with Gasteiger partial charge in [0.2, 0.25) is 0 Å². The minimum absolute atomic E-state index is 0.564. The summed E-state index contributed by atoms with van der Waals surface area (Å²) in [5.74, 6) is 0.942. The van der Waals surface area contributed by atoms with Gasteiger partial charge < -0.3 is 10.6 Å². The minimum Gasteiger partial charge on any atom is -0.375 e. The number of hydrogen-bond acceptors (Lipinski definition) is 6. The van der Waals surface area contributed by atoms with Crippen LogP contribution in [0.5, 0.6) is 0 Å². The second-order valence-electron chi connectivity index (χ2n) is 3.95. The van der Waals surface area contributed by atoms with Gasteiger partial charge in [-0.15, -0.1) is 0 Å². The number of fused-ring (bicyclic) bond motifs is 1. The monoisotopic (exact) mass is 235 g/mol. The predicted octanol–water partition coefficient (Wildman–Crippen LogP) is 1.66. The summed E-state index contributed by atoms with van der Waals surface area (Å²) in [5.41, 5.74) is 6.56. The van der Waals surface area contributed by atoms with E-state index >= 15 is 0 Å². The molecule has 0 unspecified atom stereocenters. The Labute approximate surface area is 97.3 Å². The SMILES string of the molecule is Nc1nc2c(N3CCCCC3)ncnc2s1. The molecule has 1 aliphatic heterocycles.